The van der Waals surface area contributed by atoms with Crippen LogP contribution in [0.15, 0.2) is 30.6 Å². The van der Waals surface area contributed by atoms with E-state index >= 15 is 0 Å². The third kappa shape index (κ3) is 3.64. The fourth-order valence-electron chi connectivity index (χ4n) is 2.20. The molecule has 1 aromatic carbocycles. The molecule has 0 aliphatic carbocycles. The number of hydrogen-bond acceptors (Lipinski definition) is 5. The molecule has 116 valence electrons. The van der Waals surface area contributed by atoms with Crippen LogP contribution in [-0.2, 0) is 19.2 Å². The summed E-state index contributed by atoms with van der Waals surface area (Å²) >= 11 is 0. The Morgan fingerprint density at radius 1 is 1.50 bits per heavy atom. The van der Waals surface area contributed by atoms with Gasteiger partial charge in [0.2, 0.25) is 0 Å². The second-order valence-corrected chi connectivity index (χ2v) is 5.43. The van der Waals surface area contributed by atoms with Crippen LogP contribution in [0.1, 0.15) is 23.6 Å². The van der Waals surface area contributed by atoms with Crippen molar-refractivity contribution in [3.05, 3.63) is 47.3 Å². The summed E-state index contributed by atoms with van der Waals surface area (Å²) in [4.78, 5) is 0. The van der Waals surface area contributed by atoms with Crippen molar-refractivity contribution in [2.24, 2.45) is 7.05 Å². The van der Waals surface area contributed by atoms with Crippen LogP contribution in [0, 0.1) is 11.3 Å². The smallest absolute Gasteiger partial charge is 0.136 e. The van der Waals surface area contributed by atoms with Crippen molar-refractivity contribution in [3.63, 3.8) is 0 Å². The Morgan fingerprint density at radius 3 is 2.86 bits per heavy atom. The Labute approximate surface area is 130 Å². The van der Waals surface area contributed by atoms with Crippen molar-refractivity contribution in [2.45, 2.75) is 19.1 Å². The molecule has 0 saturated carbocycles. The number of nitrogens with zero attached hydrogens (tertiary/aromatic N) is 3. The molecule has 0 radical (unpaired) electrons. The minimum absolute atomic E-state index is 0.382. The van der Waals surface area contributed by atoms with E-state index in [0.29, 0.717) is 24.4 Å². The van der Waals surface area contributed by atoms with Gasteiger partial charge in [-0.25, -0.2) is 0 Å². The number of benzene rings is 1. The maximum atomic E-state index is 10.5. The highest BCUT2D eigenvalue weighted by molar-refractivity contribution is 5.45. The molecule has 1 heterocycles. The molecule has 0 bridgehead atoms. The Balaban J connectivity index is 1.98. The number of aryl methyl sites for hydroxylation is 1. The number of rotatable bonds is 6. The molecule has 2 N–H and O–H groups in total. The van der Waals surface area contributed by atoms with Crippen LogP contribution in [0.4, 0.5) is 0 Å². The lowest BCUT2D eigenvalue weighted by molar-refractivity contribution is 0.0566. The Kier molecular flexibility index (Phi) is 4.81. The molecular weight excluding hydrogens is 280 g/mol. The molecule has 0 spiro atoms. The van der Waals surface area contributed by atoms with Crippen molar-refractivity contribution in [2.75, 3.05) is 13.7 Å². The zero-order chi connectivity index (χ0) is 16.2. The summed E-state index contributed by atoms with van der Waals surface area (Å²) in [6, 6.07) is 7.56. The molecule has 6 heteroatoms. The maximum absolute atomic E-state index is 10.5. The molecule has 6 nitrogen and oxygen atoms in total. The maximum Gasteiger partial charge on any atom is 0.136 e. The zero-order valence-electron chi connectivity index (χ0n) is 13.0. The number of nitriles is 1. The van der Waals surface area contributed by atoms with Gasteiger partial charge >= 0.3 is 0 Å². The molecule has 2 aromatic rings. The summed E-state index contributed by atoms with van der Waals surface area (Å²) in [6.45, 7) is 2.67. The average Bonchev–Trinajstić information content (AvgIpc) is 2.94. The molecular formula is C16H20N4O2. The van der Waals surface area contributed by atoms with Gasteiger partial charge in [-0.15, -0.1) is 0 Å². The van der Waals surface area contributed by atoms with Gasteiger partial charge in [-0.2, -0.15) is 10.4 Å². The number of nitrogens with one attached hydrogen (secondary N) is 1. The number of hydrogen-bond donors (Lipinski definition) is 2. The normalized spacial score (nSPS) is 13.4. The summed E-state index contributed by atoms with van der Waals surface area (Å²) in [6.07, 6.45) is 3.45. The first-order valence-corrected chi connectivity index (χ1v) is 6.95. The molecule has 2 rings (SSSR count). The van der Waals surface area contributed by atoms with Crippen molar-refractivity contribution >= 4 is 0 Å². The highest BCUT2D eigenvalue weighted by Crippen LogP contribution is 2.20. The van der Waals surface area contributed by atoms with Crippen molar-refractivity contribution in [1.82, 2.24) is 15.1 Å². The number of ether oxygens (including phenoxy) is 1. The van der Waals surface area contributed by atoms with E-state index in [-0.39, 0.29) is 0 Å². The first kappa shape index (κ1) is 16.0. The predicted octanol–water partition coefficient (Wildman–Crippen LogP) is 1.30. The largest absolute Gasteiger partial charge is 0.495 e. The van der Waals surface area contributed by atoms with Crippen molar-refractivity contribution < 1.29 is 9.84 Å². The fourth-order valence-corrected chi connectivity index (χ4v) is 2.20. The van der Waals surface area contributed by atoms with E-state index in [1.165, 1.54) is 0 Å². The van der Waals surface area contributed by atoms with Gasteiger partial charge in [-0.05, 0) is 24.6 Å². The second kappa shape index (κ2) is 6.60. The highest BCUT2D eigenvalue weighted by Gasteiger charge is 2.24. The molecule has 1 unspecified atom stereocenters. The molecule has 0 amide bonds. The van der Waals surface area contributed by atoms with Crippen LogP contribution in [0.2, 0.25) is 0 Å². The molecule has 1 atom stereocenters. The Hall–Kier alpha value is -2.36. The lowest BCUT2D eigenvalue weighted by Gasteiger charge is -2.22. The van der Waals surface area contributed by atoms with Crippen LogP contribution in [0.25, 0.3) is 0 Å². The summed E-state index contributed by atoms with van der Waals surface area (Å²) in [7, 11) is 3.35. The van der Waals surface area contributed by atoms with E-state index < -0.39 is 5.60 Å². The van der Waals surface area contributed by atoms with Crippen molar-refractivity contribution in [3.8, 4) is 11.8 Å². The van der Waals surface area contributed by atoms with Crippen LogP contribution >= 0.6 is 0 Å². The number of aromatic nitrogens is 2. The standard InChI is InChI=1S/C16H20N4O2/c1-16(21,14-9-19-20(2)10-14)11-18-8-12-4-5-15(22-3)13(6-12)7-17/h4-6,9-10,18,21H,8,11H2,1-3H3. The van der Waals surface area contributed by atoms with E-state index in [2.05, 4.69) is 16.5 Å². The molecule has 0 saturated heterocycles. The lowest BCUT2D eigenvalue weighted by atomic mass is 9.99. The zero-order valence-corrected chi connectivity index (χ0v) is 13.0. The summed E-state index contributed by atoms with van der Waals surface area (Å²) < 4.78 is 6.78. The van der Waals surface area contributed by atoms with Gasteiger partial charge in [0.1, 0.15) is 17.4 Å². The van der Waals surface area contributed by atoms with Gasteiger partial charge in [0, 0.05) is 31.9 Å². The molecule has 0 aliphatic heterocycles. The van der Waals surface area contributed by atoms with Crippen LogP contribution < -0.4 is 10.1 Å². The number of methoxy groups -OCH3 is 1. The van der Waals surface area contributed by atoms with E-state index in [1.54, 1.807) is 43.2 Å². The van der Waals surface area contributed by atoms with E-state index in [0.717, 1.165) is 11.1 Å². The van der Waals surface area contributed by atoms with Crippen LogP contribution in [0.3, 0.4) is 0 Å². The summed E-state index contributed by atoms with van der Waals surface area (Å²) in [5.74, 6) is 0.564. The minimum Gasteiger partial charge on any atom is -0.495 e. The molecule has 1 aromatic heterocycles. The number of aliphatic hydroxyl groups is 1. The van der Waals surface area contributed by atoms with E-state index in [4.69, 9.17) is 10.00 Å². The lowest BCUT2D eigenvalue weighted by Crippen LogP contribution is -2.34. The van der Waals surface area contributed by atoms with Crippen LogP contribution in [-0.4, -0.2) is 28.5 Å². The molecule has 0 aliphatic rings. The van der Waals surface area contributed by atoms with Gasteiger partial charge in [-0.3, -0.25) is 4.68 Å². The van der Waals surface area contributed by atoms with E-state index in [1.807, 2.05) is 13.1 Å². The summed E-state index contributed by atoms with van der Waals surface area (Å²) in [5.41, 5.74) is 1.22. The van der Waals surface area contributed by atoms with Gasteiger partial charge in [-0.1, -0.05) is 6.07 Å². The SMILES string of the molecule is COc1ccc(CNCC(C)(O)c2cnn(C)c2)cc1C#N. The van der Waals surface area contributed by atoms with Crippen LogP contribution in [0.5, 0.6) is 5.75 Å². The monoisotopic (exact) mass is 300 g/mol. The first-order chi connectivity index (χ1) is 10.5. The fraction of sp³-hybridized carbons (Fsp3) is 0.375. The first-order valence-electron chi connectivity index (χ1n) is 6.95. The van der Waals surface area contributed by atoms with Gasteiger partial charge < -0.3 is 15.2 Å². The topological polar surface area (TPSA) is 83.1 Å². The molecule has 0 fully saturated rings. The third-order valence-electron chi connectivity index (χ3n) is 3.51. The quantitative estimate of drug-likeness (QED) is 0.840. The predicted molar refractivity (Wildman–Crippen MR) is 82.2 cm³/mol. The van der Waals surface area contributed by atoms with Gasteiger partial charge in [0.15, 0.2) is 0 Å². The Morgan fingerprint density at radius 2 is 2.27 bits per heavy atom. The minimum atomic E-state index is -1.00. The highest BCUT2D eigenvalue weighted by atomic mass is 16.5. The van der Waals surface area contributed by atoms with E-state index in [9.17, 15) is 5.11 Å². The van der Waals surface area contributed by atoms with Crippen molar-refractivity contribution in [1.29, 1.82) is 5.26 Å². The summed E-state index contributed by atoms with van der Waals surface area (Å²) in [5, 5.41) is 26.8. The van der Waals surface area contributed by atoms with Gasteiger partial charge in [0.25, 0.3) is 0 Å². The Bertz CT molecular complexity index is 686. The average molecular weight is 300 g/mol. The van der Waals surface area contributed by atoms with Gasteiger partial charge in [0.05, 0.1) is 18.9 Å². The molecule has 22 heavy (non-hydrogen) atoms. The second-order valence-electron chi connectivity index (χ2n) is 5.43. The third-order valence-corrected chi connectivity index (χ3v) is 3.51.